The highest BCUT2D eigenvalue weighted by atomic mass is 32.3. The van der Waals surface area contributed by atoms with Crippen LogP contribution in [-0.4, -0.2) is 246 Å². The number of nitrogens with one attached hydrogen (secondary N) is 5. The number of fused-ring (bicyclic) bond motifs is 2. The highest BCUT2D eigenvalue weighted by molar-refractivity contribution is 7.81. The zero-order chi connectivity index (χ0) is 68.0. The number of anilines is 2. The number of hydrogen-bond acceptors (Lipinski definition) is 25. The van der Waals surface area contributed by atoms with Crippen LogP contribution in [0.1, 0.15) is 83.6 Å². The topological polar surface area (TPSA) is 464 Å². The van der Waals surface area contributed by atoms with Crippen molar-refractivity contribution in [3.63, 3.8) is 0 Å². The molecule has 12 atom stereocenters. The number of phenols is 1. The van der Waals surface area contributed by atoms with Gasteiger partial charge in [-0.25, -0.2) is 9.97 Å². The van der Waals surface area contributed by atoms with E-state index in [1.165, 1.54) is 38.0 Å². The first-order valence-corrected chi connectivity index (χ1v) is 34.1. The van der Waals surface area contributed by atoms with Gasteiger partial charge in [-0.2, -0.15) is 8.42 Å². The van der Waals surface area contributed by atoms with Crippen LogP contribution in [0.15, 0.2) is 54.9 Å². The summed E-state index contributed by atoms with van der Waals surface area (Å²) in [6.07, 6.45) is 2.38. The molecule has 2 aromatic heterocycles. The fourth-order valence-electron chi connectivity index (χ4n) is 13.1. The van der Waals surface area contributed by atoms with E-state index in [1.807, 2.05) is 36.7 Å². The second-order valence-corrected chi connectivity index (χ2v) is 27.4. The molecule has 14 N–H and O–H groups in total. The molecule has 516 valence electrons. The van der Waals surface area contributed by atoms with Gasteiger partial charge in [0.2, 0.25) is 46.5 Å². The molecule has 1 unspecified atom stereocenters. The van der Waals surface area contributed by atoms with Crippen LogP contribution in [0.4, 0.5) is 11.1 Å². The van der Waals surface area contributed by atoms with Crippen LogP contribution in [0.5, 0.6) is 11.5 Å². The summed E-state index contributed by atoms with van der Waals surface area (Å²) in [4.78, 5) is 115. The van der Waals surface area contributed by atoms with Crippen LogP contribution in [0.2, 0.25) is 0 Å². The van der Waals surface area contributed by atoms with Crippen molar-refractivity contribution in [2.75, 3.05) is 62.2 Å². The number of aliphatic hydroxyl groups excluding tert-OH is 5. The van der Waals surface area contributed by atoms with Crippen molar-refractivity contribution in [3.05, 3.63) is 60.4 Å². The lowest BCUT2D eigenvalue weighted by Gasteiger charge is -2.34. The highest BCUT2D eigenvalue weighted by Crippen LogP contribution is 2.35. The van der Waals surface area contributed by atoms with Gasteiger partial charge < -0.3 is 91.5 Å². The van der Waals surface area contributed by atoms with Gasteiger partial charge in [-0.3, -0.25) is 38.1 Å². The second kappa shape index (κ2) is 30.5. The predicted molar refractivity (Wildman–Crippen MR) is 339 cm³/mol. The number of aromatic nitrogens is 4. The average Bonchev–Trinajstić information content (AvgIpc) is 1.69. The molecule has 95 heavy (non-hydrogen) atoms. The number of carbonyl (C=O) groups is 7. The third-order valence-electron chi connectivity index (χ3n) is 18.4. The molecule has 32 nitrogen and oxygen atoms in total. The Hall–Kier alpha value is -7.80. The molecule has 1 aliphatic carbocycles. The van der Waals surface area contributed by atoms with Crippen LogP contribution < -0.4 is 46.3 Å². The van der Waals surface area contributed by atoms with Gasteiger partial charge >= 0.3 is 10.4 Å². The van der Waals surface area contributed by atoms with Gasteiger partial charge in [-0.1, -0.05) is 61.4 Å². The maximum atomic E-state index is 14.6. The van der Waals surface area contributed by atoms with E-state index in [0.717, 1.165) is 88.5 Å². The number of phenolic OH excluding ortho intramolecular Hbond substituents is 1. The summed E-state index contributed by atoms with van der Waals surface area (Å²) in [5.41, 5.74) is 8.29. The maximum Gasteiger partial charge on any atom is 0.446 e. The molecule has 5 saturated heterocycles. The van der Waals surface area contributed by atoms with Crippen LogP contribution in [0, 0.1) is 11.8 Å². The zero-order valence-electron chi connectivity index (χ0n) is 52.4. The first-order chi connectivity index (χ1) is 45.3. The standard InChI is InChI=1S/C61H82N14O18S2/c1-31-29-75-50(51(31)81)56(86)64-28-38(77)23-42(63-25-33-13-17-73(18-14-33)61-71-70-57(94-61)36-10-8-35(9-11-36)37-26-65-60(66-27-37)72-19-15-41(16-20-72)92-40-5-3-4-6-40)53(83)67-47(32(2)76)58(87)74-30-39(78)24-43(74)54(84)68-48(55(85)69-49(52(62)82)59(75)88)45(80)21-34-7-12-44(79)46(22-34)93-95(89,90)91/h7-12,22,26-27,31-33,38-43,45,47-51,63,76-81H,3-6,13-21,23-25,28-30H2,1-2H3,(H2,62,82)(H,64,86)(H,67,83)(H,68,84)(H,69,85)(H,89,90,91)/t31-,32+,38+,39+,42?,43-,45+,47-,48-,49-,50-,51-/m0/s1. The van der Waals surface area contributed by atoms with Gasteiger partial charge in [-0.05, 0) is 87.6 Å². The Labute approximate surface area is 551 Å². The minimum Gasteiger partial charge on any atom is -0.504 e. The molecule has 4 aromatic rings. The van der Waals surface area contributed by atoms with Gasteiger partial charge in [-0.15, -0.1) is 10.2 Å². The molecule has 2 aromatic carbocycles. The summed E-state index contributed by atoms with van der Waals surface area (Å²) >= 11 is 1.44. The van der Waals surface area contributed by atoms with Gasteiger partial charge in [0.25, 0.3) is 5.91 Å². The molecular formula is C61H82N14O18S2. The average molecular weight is 1360 g/mol. The van der Waals surface area contributed by atoms with Crippen molar-refractivity contribution in [2.45, 2.75) is 163 Å². The lowest BCUT2D eigenvalue weighted by molar-refractivity contribution is -0.147. The molecule has 0 spiro atoms. The number of benzene rings is 2. The minimum absolute atomic E-state index is 0.0494. The lowest BCUT2D eigenvalue weighted by atomic mass is 9.96. The number of hydrogen-bond donors (Lipinski definition) is 13. The SMILES string of the molecule is C[C@@H](O)[C@@H]1NC(=O)C(NCC2CCN(c3nnc(-c4ccc(-c5cnc(N6CCC(OC7CCCC7)CC6)nc5)cc4)s3)CC2)C[C@@H](O)CNC(=O)[C@@H]2[C@@H](O)[C@@H](C)CN2C(=O)[C@H](C(N)=O)NC(=O)[C@H]([C@H](O)Cc2ccc(O)c(OS(=O)(=O)O)c2)NC(=O)[C@@H]2C[C@@H](O)CN2C1=O. The molecule has 7 heterocycles. The van der Waals surface area contributed by atoms with Crippen molar-refractivity contribution in [1.82, 2.24) is 56.5 Å². The summed E-state index contributed by atoms with van der Waals surface area (Å²) in [5, 5.41) is 90.0. The van der Waals surface area contributed by atoms with Crippen molar-refractivity contribution in [2.24, 2.45) is 17.6 Å². The van der Waals surface area contributed by atoms with E-state index in [0.29, 0.717) is 43.1 Å². The predicted octanol–water partition coefficient (Wildman–Crippen LogP) is -2.37. The molecule has 0 radical (unpaired) electrons. The molecule has 34 heteroatoms. The largest absolute Gasteiger partial charge is 0.504 e. The number of amides is 7. The number of aliphatic hydroxyl groups is 5. The van der Waals surface area contributed by atoms with Crippen molar-refractivity contribution < 1.29 is 86.1 Å². The van der Waals surface area contributed by atoms with Crippen LogP contribution in [0.25, 0.3) is 21.7 Å². The monoisotopic (exact) mass is 1360 g/mol. The Kier molecular flexibility index (Phi) is 22.5. The molecule has 6 fully saturated rings. The number of aromatic hydroxyl groups is 1. The molecule has 6 aliphatic rings. The second-order valence-electron chi connectivity index (χ2n) is 25.4. The van der Waals surface area contributed by atoms with E-state index in [9.17, 15) is 77.2 Å². The summed E-state index contributed by atoms with van der Waals surface area (Å²) in [6.45, 7) is 4.19. The fourth-order valence-corrected chi connectivity index (χ4v) is 14.4. The highest BCUT2D eigenvalue weighted by Gasteiger charge is 2.50. The number of primary amides is 1. The van der Waals surface area contributed by atoms with E-state index in [1.54, 1.807) is 0 Å². The Morgan fingerprint density at radius 1 is 0.758 bits per heavy atom. The van der Waals surface area contributed by atoms with Crippen molar-refractivity contribution in [3.8, 4) is 33.2 Å². The van der Waals surface area contributed by atoms with E-state index in [2.05, 4.69) is 50.8 Å². The number of β-amino-alcohol motifs (C(OH)–C–C–N with tert-alkyl or cyclic N) is 1. The molecule has 0 bridgehead atoms. The van der Waals surface area contributed by atoms with E-state index in [4.69, 9.17) is 20.4 Å². The number of ether oxygens (including phenoxy) is 1. The summed E-state index contributed by atoms with van der Waals surface area (Å²) in [6, 6.07) is -0.321. The third kappa shape index (κ3) is 17.3. The minimum atomic E-state index is -5.20. The lowest BCUT2D eigenvalue weighted by Crippen LogP contribution is -2.64. The maximum absolute atomic E-state index is 14.6. The molecule has 10 rings (SSSR count). The quantitative estimate of drug-likeness (QED) is 0.0412. The smallest absolute Gasteiger partial charge is 0.446 e. The van der Waals surface area contributed by atoms with Crippen molar-refractivity contribution in [1.29, 1.82) is 0 Å². The number of nitrogens with zero attached hydrogens (tertiary/aromatic N) is 8. The summed E-state index contributed by atoms with van der Waals surface area (Å²) < 4.78 is 43.1. The normalized spacial score (nSPS) is 27.6. The number of carbonyl (C=O) groups excluding carboxylic acids is 7. The zero-order valence-corrected chi connectivity index (χ0v) is 54.0. The van der Waals surface area contributed by atoms with Crippen molar-refractivity contribution >= 4 is 74.2 Å². The number of nitrogens with two attached hydrogens (primary N) is 1. The molecular weight excluding hydrogens is 1280 g/mol. The first kappa shape index (κ1) is 70.0. The summed E-state index contributed by atoms with van der Waals surface area (Å²) in [5.74, 6) is -10.3. The molecule has 5 aliphatic heterocycles. The van der Waals surface area contributed by atoms with E-state index < -0.39 is 168 Å². The Morgan fingerprint density at radius 3 is 2.07 bits per heavy atom. The Bertz CT molecular complexity index is 3520. The van der Waals surface area contributed by atoms with Crippen LogP contribution in [0.3, 0.4) is 0 Å². The summed E-state index contributed by atoms with van der Waals surface area (Å²) in [7, 11) is -5.20. The number of piperidine rings is 2. The Morgan fingerprint density at radius 2 is 1.41 bits per heavy atom. The van der Waals surface area contributed by atoms with Gasteiger partial charge in [0, 0.05) is 88.1 Å². The van der Waals surface area contributed by atoms with E-state index >= 15 is 0 Å². The Balaban J connectivity index is 0.815. The third-order valence-corrected chi connectivity index (χ3v) is 19.9. The first-order valence-electron chi connectivity index (χ1n) is 31.9. The molecule has 1 saturated carbocycles. The van der Waals surface area contributed by atoms with E-state index in [-0.39, 0.29) is 30.7 Å². The number of rotatable bonds is 16. The van der Waals surface area contributed by atoms with Crippen LogP contribution >= 0.6 is 11.3 Å². The molecule has 7 amide bonds. The van der Waals surface area contributed by atoms with Gasteiger partial charge in [0.15, 0.2) is 17.5 Å². The van der Waals surface area contributed by atoms with Crippen LogP contribution in [-0.2, 0) is 55.1 Å². The fraction of sp³-hybridized carbons (Fsp3) is 0.590. The van der Waals surface area contributed by atoms with Gasteiger partial charge in [0.1, 0.15) is 29.2 Å². The van der Waals surface area contributed by atoms with Gasteiger partial charge in [0.05, 0.1) is 48.8 Å².